The van der Waals surface area contributed by atoms with Crippen molar-refractivity contribution in [1.29, 1.82) is 0 Å². The molecule has 1 aromatic rings. The minimum absolute atomic E-state index is 0. The molecule has 3 rings (SSSR count). The van der Waals surface area contributed by atoms with Gasteiger partial charge in [-0.1, -0.05) is 6.07 Å². The van der Waals surface area contributed by atoms with E-state index in [1.807, 2.05) is 4.90 Å². The van der Waals surface area contributed by atoms with Crippen LogP contribution < -0.4 is 5.32 Å². The molecule has 2 aliphatic heterocycles. The molecule has 1 unspecified atom stereocenters. The van der Waals surface area contributed by atoms with E-state index < -0.39 is 0 Å². The molecular weight excluding hydrogens is 333 g/mol. The van der Waals surface area contributed by atoms with Gasteiger partial charge >= 0.3 is 0 Å². The Kier molecular flexibility index (Phi) is 6.18. The van der Waals surface area contributed by atoms with Crippen LogP contribution in [0.2, 0.25) is 0 Å². The van der Waals surface area contributed by atoms with Gasteiger partial charge < -0.3 is 15.1 Å². The maximum absolute atomic E-state index is 13.6. The van der Waals surface area contributed by atoms with E-state index in [1.165, 1.54) is 6.07 Å². The third-order valence-corrected chi connectivity index (χ3v) is 4.71. The number of carbonyl (C=O) groups is 2. The third kappa shape index (κ3) is 3.87. The number of amides is 2. The highest BCUT2D eigenvalue weighted by atomic mass is 35.5. The highest BCUT2D eigenvalue weighted by molar-refractivity contribution is 5.94. The number of piperazine rings is 1. The molecule has 0 aliphatic carbocycles. The molecule has 1 atom stereocenters. The van der Waals surface area contributed by atoms with E-state index in [0.29, 0.717) is 37.3 Å². The first-order chi connectivity index (χ1) is 11.1. The summed E-state index contributed by atoms with van der Waals surface area (Å²) in [6.45, 7) is 5.42. The van der Waals surface area contributed by atoms with Crippen LogP contribution in [0.25, 0.3) is 0 Å². The van der Waals surface area contributed by atoms with Gasteiger partial charge in [-0.2, -0.15) is 0 Å². The van der Waals surface area contributed by atoms with Gasteiger partial charge in [0.05, 0.1) is 5.92 Å². The van der Waals surface area contributed by atoms with Crippen molar-refractivity contribution < 1.29 is 14.0 Å². The summed E-state index contributed by atoms with van der Waals surface area (Å²) in [6.07, 6.45) is 0.890. The molecule has 0 bridgehead atoms. The number of carbonyl (C=O) groups excluding carboxylic acids is 2. The second-order valence-corrected chi connectivity index (χ2v) is 6.27. The Morgan fingerprint density at radius 1 is 1.17 bits per heavy atom. The minimum Gasteiger partial charge on any atom is -0.339 e. The average molecular weight is 356 g/mol. The van der Waals surface area contributed by atoms with Gasteiger partial charge in [0.25, 0.3) is 5.91 Å². The SMILES string of the molecule is Cc1ccc(C(=O)N2CCN(C(=O)C3CCNC3)CC2)cc1F.Cl. The summed E-state index contributed by atoms with van der Waals surface area (Å²) in [7, 11) is 0. The molecule has 5 nitrogen and oxygen atoms in total. The van der Waals surface area contributed by atoms with Gasteiger partial charge in [0, 0.05) is 38.3 Å². The summed E-state index contributed by atoms with van der Waals surface area (Å²) >= 11 is 0. The number of rotatable bonds is 2. The fourth-order valence-corrected chi connectivity index (χ4v) is 3.16. The van der Waals surface area contributed by atoms with E-state index in [9.17, 15) is 14.0 Å². The first-order valence-electron chi connectivity index (χ1n) is 8.11. The molecule has 0 saturated carbocycles. The van der Waals surface area contributed by atoms with Crippen molar-refractivity contribution in [3.63, 3.8) is 0 Å². The van der Waals surface area contributed by atoms with Gasteiger partial charge in [0.1, 0.15) is 5.82 Å². The fraction of sp³-hybridized carbons (Fsp3) is 0.529. The van der Waals surface area contributed by atoms with E-state index in [2.05, 4.69) is 5.32 Å². The normalized spacial score (nSPS) is 20.7. The molecule has 7 heteroatoms. The van der Waals surface area contributed by atoms with E-state index in [1.54, 1.807) is 24.0 Å². The van der Waals surface area contributed by atoms with Gasteiger partial charge in [0.15, 0.2) is 0 Å². The van der Waals surface area contributed by atoms with Crippen molar-refractivity contribution in [3.05, 3.63) is 35.1 Å². The summed E-state index contributed by atoms with van der Waals surface area (Å²) in [5.41, 5.74) is 0.898. The van der Waals surface area contributed by atoms with E-state index >= 15 is 0 Å². The summed E-state index contributed by atoms with van der Waals surface area (Å²) < 4.78 is 13.6. The van der Waals surface area contributed by atoms with E-state index in [-0.39, 0.29) is 36.0 Å². The topological polar surface area (TPSA) is 52.7 Å². The first-order valence-corrected chi connectivity index (χ1v) is 8.11. The summed E-state index contributed by atoms with van der Waals surface area (Å²) in [4.78, 5) is 28.3. The van der Waals surface area contributed by atoms with Crippen molar-refractivity contribution in [3.8, 4) is 0 Å². The van der Waals surface area contributed by atoms with Gasteiger partial charge in [-0.25, -0.2) is 4.39 Å². The Morgan fingerprint density at radius 2 is 1.83 bits per heavy atom. The Balaban J connectivity index is 0.00000208. The van der Waals surface area contributed by atoms with E-state index in [0.717, 1.165) is 19.5 Å². The zero-order chi connectivity index (χ0) is 16.4. The molecule has 24 heavy (non-hydrogen) atoms. The van der Waals surface area contributed by atoms with Crippen LogP contribution in [-0.4, -0.2) is 60.9 Å². The van der Waals surface area contributed by atoms with Crippen LogP contribution >= 0.6 is 12.4 Å². The first kappa shape index (κ1) is 18.7. The van der Waals surface area contributed by atoms with E-state index in [4.69, 9.17) is 0 Å². The maximum atomic E-state index is 13.6. The van der Waals surface area contributed by atoms with Crippen LogP contribution in [0, 0.1) is 18.7 Å². The molecule has 2 fully saturated rings. The van der Waals surface area contributed by atoms with Crippen molar-refractivity contribution >= 4 is 24.2 Å². The van der Waals surface area contributed by atoms with Crippen LogP contribution in [0.5, 0.6) is 0 Å². The number of aryl methyl sites for hydroxylation is 1. The van der Waals surface area contributed by atoms with Crippen molar-refractivity contribution in [2.75, 3.05) is 39.3 Å². The number of hydrogen-bond acceptors (Lipinski definition) is 3. The lowest BCUT2D eigenvalue weighted by Gasteiger charge is -2.36. The maximum Gasteiger partial charge on any atom is 0.254 e. The monoisotopic (exact) mass is 355 g/mol. The average Bonchev–Trinajstić information content (AvgIpc) is 3.11. The van der Waals surface area contributed by atoms with Gasteiger partial charge in [-0.15, -0.1) is 12.4 Å². The fourth-order valence-electron chi connectivity index (χ4n) is 3.16. The Morgan fingerprint density at radius 3 is 2.42 bits per heavy atom. The van der Waals surface area contributed by atoms with Gasteiger partial charge in [0.2, 0.25) is 5.91 Å². The number of nitrogens with zero attached hydrogens (tertiary/aromatic N) is 2. The van der Waals surface area contributed by atoms with Crippen molar-refractivity contribution in [1.82, 2.24) is 15.1 Å². The molecule has 2 saturated heterocycles. The largest absolute Gasteiger partial charge is 0.339 e. The molecule has 1 aromatic carbocycles. The second kappa shape index (κ2) is 7.94. The lowest BCUT2D eigenvalue weighted by molar-refractivity contribution is -0.136. The zero-order valence-electron chi connectivity index (χ0n) is 13.8. The number of hydrogen-bond donors (Lipinski definition) is 1. The number of nitrogens with one attached hydrogen (secondary N) is 1. The van der Waals surface area contributed by atoms with Crippen LogP contribution in [0.1, 0.15) is 22.3 Å². The molecule has 0 aromatic heterocycles. The van der Waals surface area contributed by atoms with Crippen LogP contribution in [-0.2, 0) is 4.79 Å². The van der Waals surface area contributed by atoms with Gasteiger partial charge in [-0.3, -0.25) is 9.59 Å². The van der Waals surface area contributed by atoms with Crippen LogP contribution in [0.4, 0.5) is 4.39 Å². The molecule has 2 amide bonds. The van der Waals surface area contributed by atoms with Crippen molar-refractivity contribution in [2.45, 2.75) is 13.3 Å². The second-order valence-electron chi connectivity index (χ2n) is 6.27. The summed E-state index contributed by atoms with van der Waals surface area (Å²) in [5.74, 6) is -0.274. The van der Waals surface area contributed by atoms with Crippen molar-refractivity contribution in [2.24, 2.45) is 5.92 Å². The molecule has 2 heterocycles. The standard InChI is InChI=1S/C17H22FN3O2.ClH/c1-12-2-3-13(10-15(12)18)16(22)20-6-8-21(9-7-20)17(23)14-4-5-19-11-14;/h2-3,10,14,19H,4-9,11H2,1H3;1H. The Labute approximate surface area is 147 Å². The van der Waals surface area contributed by atoms with Crippen LogP contribution in [0.3, 0.4) is 0 Å². The molecule has 0 radical (unpaired) electrons. The Hall–Kier alpha value is -1.66. The minimum atomic E-state index is -0.363. The molecular formula is C17H23ClFN3O2. The molecule has 0 spiro atoms. The highest BCUT2D eigenvalue weighted by Crippen LogP contribution is 2.16. The molecule has 1 N–H and O–H groups in total. The highest BCUT2D eigenvalue weighted by Gasteiger charge is 2.30. The quantitative estimate of drug-likeness (QED) is 0.873. The lowest BCUT2D eigenvalue weighted by Crippen LogP contribution is -2.52. The molecule has 132 valence electrons. The summed E-state index contributed by atoms with van der Waals surface area (Å²) in [5, 5.41) is 3.20. The van der Waals surface area contributed by atoms with Gasteiger partial charge in [-0.05, 0) is 37.6 Å². The zero-order valence-corrected chi connectivity index (χ0v) is 14.6. The number of halogens is 2. The number of benzene rings is 1. The van der Waals surface area contributed by atoms with Crippen LogP contribution in [0.15, 0.2) is 18.2 Å². The lowest BCUT2D eigenvalue weighted by atomic mass is 10.1. The summed E-state index contributed by atoms with van der Waals surface area (Å²) in [6, 6.07) is 4.57. The predicted molar refractivity (Wildman–Crippen MR) is 91.8 cm³/mol. The Bertz CT molecular complexity index is 612. The smallest absolute Gasteiger partial charge is 0.254 e. The molecule has 2 aliphatic rings. The predicted octanol–water partition coefficient (Wildman–Crippen LogP) is 1.45. The third-order valence-electron chi connectivity index (χ3n) is 4.71.